The van der Waals surface area contributed by atoms with Gasteiger partial charge in [-0.15, -0.1) is 0 Å². The van der Waals surface area contributed by atoms with Crippen LogP contribution in [0.2, 0.25) is 0 Å². The number of aliphatic hydroxyl groups excluding tert-OH is 1. The van der Waals surface area contributed by atoms with Crippen LogP contribution in [-0.2, 0) is 9.36 Å². The van der Waals surface area contributed by atoms with Crippen molar-refractivity contribution >= 4 is 34.5 Å². The summed E-state index contributed by atoms with van der Waals surface area (Å²) in [4.78, 5) is 16.9. The molecule has 0 aliphatic rings. The minimum atomic E-state index is -3.69. The third-order valence-corrected chi connectivity index (χ3v) is 0.175. The Bertz CT molecular complexity index is 189. The highest BCUT2D eigenvalue weighted by atomic mass is 35.9. The van der Waals surface area contributed by atoms with Crippen LogP contribution in [0.15, 0.2) is 12.7 Å². The highest BCUT2D eigenvalue weighted by molar-refractivity contribution is 8.04. The van der Waals surface area contributed by atoms with Gasteiger partial charge in [0.05, 0.1) is 0 Å². The molecule has 0 saturated heterocycles. The number of carbonyl (C=O) groups is 1. The molecular formula is C6H13Cl2O5P. The Kier molecular flexibility index (Phi) is 15.3. The summed E-state index contributed by atoms with van der Waals surface area (Å²) in [5, 5.41) is 15.7. The van der Waals surface area contributed by atoms with E-state index in [0.29, 0.717) is 0 Å². The van der Waals surface area contributed by atoms with Crippen LogP contribution < -0.4 is 0 Å². The van der Waals surface area contributed by atoms with Gasteiger partial charge in [-0.25, -0.2) is 4.79 Å². The van der Waals surface area contributed by atoms with Crippen molar-refractivity contribution in [1.82, 2.24) is 0 Å². The third kappa shape index (κ3) is 380. The number of halogens is 2. The molecule has 0 rings (SSSR count). The van der Waals surface area contributed by atoms with Gasteiger partial charge in [0.25, 0.3) is 0 Å². The van der Waals surface area contributed by atoms with Crippen molar-refractivity contribution in [1.29, 1.82) is 0 Å². The highest BCUT2D eigenvalue weighted by Crippen LogP contribution is 2.51. The molecule has 0 radical (unpaired) electrons. The summed E-state index contributed by atoms with van der Waals surface area (Å²) >= 11 is 8.81. The average molecular weight is 267 g/mol. The van der Waals surface area contributed by atoms with Gasteiger partial charge in [0.15, 0.2) is 0 Å². The molecule has 0 saturated carbocycles. The van der Waals surface area contributed by atoms with Crippen LogP contribution in [0.4, 0.5) is 0 Å². The van der Waals surface area contributed by atoms with Gasteiger partial charge < -0.3 is 15.1 Å². The predicted octanol–water partition coefficient (Wildman–Crippen LogP) is 2.21. The van der Waals surface area contributed by atoms with Crippen molar-refractivity contribution in [3.05, 3.63) is 12.7 Å². The summed E-state index contributed by atoms with van der Waals surface area (Å²) in [7, 11) is 0. The van der Waals surface area contributed by atoms with Crippen molar-refractivity contribution in [2.24, 2.45) is 0 Å². The Morgan fingerprint density at radius 2 is 1.57 bits per heavy atom. The predicted molar refractivity (Wildman–Crippen MR) is 56.7 cm³/mol. The largest absolute Gasteiger partial charge is 0.478 e. The van der Waals surface area contributed by atoms with Gasteiger partial charge in [0, 0.05) is 12.2 Å². The minimum Gasteiger partial charge on any atom is -0.478 e. The second-order valence-electron chi connectivity index (χ2n) is 2.07. The van der Waals surface area contributed by atoms with E-state index in [1.165, 1.54) is 0 Å². The molecule has 0 aliphatic carbocycles. The molecule has 8 heteroatoms. The maximum Gasteiger partial charge on any atom is 0.377 e. The smallest absolute Gasteiger partial charge is 0.377 e. The van der Waals surface area contributed by atoms with E-state index in [1.54, 1.807) is 13.8 Å². The van der Waals surface area contributed by atoms with Crippen LogP contribution >= 0.6 is 28.6 Å². The number of hydrogen-bond donors (Lipinski definition) is 3. The second-order valence-corrected chi connectivity index (χ2v) is 6.21. The molecule has 0 fully saturated rings. The first-order valence-corrected chi connectivity index (χ1v) is 6.73. The van der Waals surface area contributed by atoms with Crippen LogP contribution in [-0.4, -0.2) is 27.2 Å². The number of hydrogen-bond acceptors (Lipinski definition) is 3. The maximum atomic E-state index is 9.30. The summed E-state index contributed by atoms with van der Waals surface area (Å²) in [5.74, 6) is -0.981. The molecule has 0 atom stereocenters. The monoisotopic (exact) mass is 266 g/mol. The molecule has 86 valence electrons. The van der Waals surface area contributed by atoms with Gasteiger partial charge in [0.2, 0.25) is 0 Å². The molecule has 0 aromatic rings. The Balaban J connectivity index is -0.000000131. The highest BCUT2D eigenvalue weighted by Gasteiger charge is 2.02. The Labute approximate surface area is 92.0 Å². The zero-order chi connectivity index (χ0) is 12.4. The molecule has 0 unspecified atom stereocenters. The molecule has 5 nitrogen and oxygen atoms in total. The standard InChI is InChI=1S/C3H4O2.C3H8O.Cl2HO2P/c1-2-3(4)5;1-3(2)4;1-5(2,3)4/h2H,1H2,(H,4,5);3-4H,1-2H3;(H,3,4). The van der Waals surface area contributed by atoms with Crippen LogP contribution in [0.1, 0.15) is 13.8 Å². The van der Waals surface area contributed by atoms with Crippen LogP contribution in [0.25, 0.3) is 0 Å². The molecular weight excluding hydrogens is 254 g/mol. The van der Waals surface area contributed by atoms with Crippen LogP contribution in [0.3, 0.4) is 0 Å². The van der Waals surface area contributed by atoms with Gasteiger partial charge in [-0.3, -0.25) is 4.57 Å². The lowest BCUT2D eigenvalue weighted by atomic mass is 10.5. The van der Waals surface area contributed by atoms with Crippen molar-refractivity contribution < 1.29 is 24.5 Å². The summed E-state index contributed by atoms with van der Waals surface area (Å²) in [6, 6.07) is 0. The Hall–Kier alpha value is -0.0600. The Morgan fingerprint density at radius 1 is 1.50 bits per heavy atom. The minimum absolute atomic E-state index is 0.167. The lowest BCUT2D eigenvalue weighted by Crippen LogP contribution is -1.85. The van der Waals surface area contributed by atoms with Gasteiger partial charge in [-0.05, 0) is 36.3 Å². The fourth-order valence-corrected chi connectivity index (χ4v) is 0. The van der Waals surface area contributed by atoms with Crippen molar-refractivity contribution in [3.8, 4) is 0 Å². The lowest BCUT2D eigenvalue weighted by Gasteiger charge is -1.80. The van der Waals surface area contributed by atoms with E-state index in [4.69, 9.17) is 15.1 Å². The van der Waals surface area contributed by atoms with Crippen molar-refractivity contribution in [2.45, 2.75) is 20.0 Å². The zero-order valence-electron chi connectivity index (χ0n) is 7.72. The summed E-state index contributed by atoms with van der Waals surface area (Å²) < 4.78 is 9.30. The number of aliphatic hydroxyl groups is 1. The summed E-state index contributed by atoms with van der Waals surface area (Å²) in [6.07, 6.45) is -3.03. The molecule has 0 bridgehead atoms. The number of rotatable bonds is 1. The van der Waals surface area contributed by atoms with E-state index in [9.17, 15) is 9.36 Å². The normalized spacial score (nSPS) is 9.07. The molecule has 0 amide bonds. The molecule has 0 heterocycles. The first-order chi connectivity index (χ1) is 6.00. The summed E-state index contributed by atoms with van der Waals surface area (Å²) in [5.41, 5.74) is 0. The number of carboxylic acid groups (broad SMARTS) is 1. The topological polar surface area (TPSA) is 94.8 Å². The third-order valence-electron chi connectivity index (χ3n) is 0.175. The van der Waals surface area contributed by atoms with Crippen molar-refractivity contribution in [3.63, 3.8) is 0 Å². The van der Waals surface area contributed by atoms with Crippen LogP contribution in [0, 0.1) is 0 Å². The molecule has 0 spiro atoms. The Morgan fingerprint density at radius 3 is 1.57 bits per heavy atom. The van der Waals surface area contributed by atoms with E-state index in [1.807, 2.05) is 0 Å². The van der Waals surface area contributed by atoms with Gasteiger partial charge in [-0.2, -0.15) is 0 Å². The van der Waals surface area contributed by atoms with E-state index >= 15 is 0 Å². The molecule has 0 aliphatic heterocycles. The van der Waals surface area contributed by atoms with Gasteiger partial charge in [-0.1, -0.05) is 6.58 Å². The van der Waals surface area contributed by atoms with Gasteiger partial charge in [0.1, 0.15) is 0 Å². The first kappa shape index (κ1) is 19.5. The first-order valence-electron chi connectivity index (χ1n) is 3.26. The molecule has 3 N–H and O–H groups in total. The second kappa shape index (κ2) is 11.0. The number of carboxylic acids is 1. The SMILES string of the molecule is C=CC(=O)O.CC(C)O.O=P(O)(Cl)Cl. The quantitative estimate of drug-likeness (QED) is 0.500. The molecule has 0 aromatic heterocycles. The summed E-state index contributed by atoms with van der Waals surface area (Å²) in [6.45, 7) is 6.41. The zero-order valence-corrected chi connectivity index (χ0v) is 10.1. The maximum absolute atomic E-state index is 9.30. The fraction of sp³-hybridized carbons (Fsp3) is 0.500. The fourth-order valence-electron chi connectivity index (χ4n) is 0. The van der Waals surface area contributed by atoms with E-state index in [0.717, 1.165) is 6.08 Å². The van der Waals surface area contributed by atoms with E-state index < -0.39 is 12.0 Å². The van der Waals surface area contributed by atoms with E-state index in [-0.39, 0.29) is 6.10 Å². The molecule has 14 heavy (non-hydrogen) atoms. The van der Waals surface area contributed by atoms with E-state index in [2.05, 4.69) is 29.1 Å². The lowest BCUT2D eigenvalue weighted by molar-refractivity contribution is -0.131. The number of aliphatic carboxylic acids is 1. The molecule has 0 aromatic carbocycles. The van der Waals surface area contributed by atoms with Crippen LogP contribution in [0.5, 0.6) is 0 Å². The van der Waals surface area contributed by atoms with Crippen molar-refractivity contribution in [2.75, 3.05) is 0 Å². The van der Waals surface area contributed by atoms with Gasteiger partial charge >= 0.3 is 12.0 Å². The average Bonchev–Trinajstić information content (AvgIpc) is 1.82.